The Hall–Kier alpha value is -0.480. The third-order valence-electron chi connectivity index (χ3n) is 3.35. The van der Waals surface area contributed by atoms with Crippen molar-refractivity contribution in [1.82, 2.24) is 10.6 Å². The molecule has 2 rings (SSSR count). The van der Waals surface area contributed by atoms with Crippen LogP contribution in [0.5, 0.6) is 0 Å². The summed E-state index contributed by atoms with van der Waals surface area (Å²) in [6.07, 6.45) is 0.894. The second-order valence-electron chi connectivity index (χ2n) is 4.77. The monoisotopic (exact) mass is 336 g/mol. The van der Waals surface area contributed by atoms with Crippen LogP contribution in [0.4, 0.5) is 0 Å². The highest BCUT2D eigenvalue weighted by Crippen LogP contribution is 2.48. The second-order valence-corrected chi connectivity index (χ2v) is 5.58. The third-order valence-corrected chi connectivity index (χ3v) is 4.09. The largest absolute Gasteiger partial charge is 0.355 e. The summed E-state index contributed by atoms with van der Waals surface area (Å²) >= 11 is 11.9. The van der Waals surface area contributed by atoms with E-state index in [4.69, 9.17) is 23.2 Å². The van der Waals surface area contributed by atoms with Gasteiger partial charge >= 0.3 is 0 Å². The minimum Gasteiger partial charge on any atom is -0.355 e. The first kappa shape index (κ1) is 17.6. The predicted octanol–water partition coefficient (Wildman–Crippen LogP) is 3.24. The summed E-state index contributed by atoms with van der Waals surface area (Å²) < 4.78 is 0. The lowest BCUT2D eigenvalue weighted by Gasteiger charge is -2.06. The molecule has 2 atom stereocenters. The number of carbonyl (C=O) groups is 1. The molecule has 20 heavy (non-hydrogen) atoms. The molecule has 1 aliphatic rings. The Morgan fingerprint density at radius 1 is 1.30 bits per heavy atom. The smallest absolute Gasteiger partial charge is 0.223 e. The molecule has 1 amide bonds. The molecule has 2 N–H and O–H groups in total. The minimum absolute atomic E-state index is 0. The molecule has 1 fully saturated rings. The van der Waals surface area contributed by atoms with Crippen LogP contribution in [0.25, 0.3) is 0 Å². The van der Waals surface area contributed by atoms with Crippen LogP contribution >= 0.6 is 35.6 Å². The topological polar surface area (TPSA) is 41.1 Å². The first-order chi connectivity index (χ1) is 9.13. The molecule has 1 saturated carbocycles. The van der Waals surface area contributed by atoms with Crippen LogP contribution in [-0.2, 0) is 4.79 Å². The van der Waals surface area contributed by atoms with E-state index in [1.54, 1.807) is 6.07 Å². The minimum atomic E-state index is 0. The van der Waals surface area contributed by atoms with Crippen molar-refractivity contribution in [2.45, 2.75) is 19.3 Å². The van der Waals surface area contributed by atoms with Crippen molar-refractivity contribution >= 4 is 41.5 Å². The van der Waals surface area contributed by atoms with Crippen LogP contribution in [0.1, 0.15) is 24.8 Å². The second kappa shape index (κ2) is 8.08. The Morgan fingerprint density at radius 3 is 2.70 bits per heavy atom. The molecule has 0 aromatic heterocycles. The van der Waals surface area contributed by atoms with Gasteiger partial charge in [-0.15, -0.1) is 12.4 Å². The van der Waals surface area contributed by atoms with Crippen LogP contribution in [0.15, 0.2) is 18.2 Å². The SMILES string of the molecule is CCNCCNC(=O)C1CC1c1ccc(Cl)c(Cl)c1.Cl. The van der Waals surface area contributed by atoms with E-state index in [-0.39, 0.29) is 30.2 Å². The van der Waals surface area contributed by atoms with Crippen molar-refractivity contribution in [2.75, 3.05) is 19.6 Å². The number of amides is 1. The van der Waals surface area contributed by atoms with Gasteiger partial charge in [-0.05, 0) is 36.6 Å². The highest BCUT2D eigenvalue weighted by molar-refractivity contribution is 6.42. The number of carbonyl (C=O) groups excluding carboxylic acids is 1. The van der Waals surface area contributed by atoms with Crippen LogP contribution in [0.3, 0.4) is 0 Å². The van der Waals surface area contributed by atoms with Gasteiger partial charge in [-0.25, -0.2) is 0 Å². The van der Waals surface area contributed by atoms with E-state index in [0.29, 0.717) is 16.6 Å². The van der Waals surface area contributed by atoms with E-state index < -0.39 is 0 Å². The molecule has 0 aliphatic heterocycles. The normalized spacial score (nSPS) is 20.1. The summed E-state index contributed by atoms with van der Waals surface area (Å²) in [6.45, 7) is 4.46. The number of hydrogen-bond acceptors (Lipinski definition) is 2. The Bertz CT molecular complexity index is 468. The van der Waals surface area contributed by atoms with Gasteiger partial charge in [0.25, 0.3) is 0 Å². The highest BCUT2D eigenvalue weighted by Gasteiger charge is 2.43. The highest BCUT2D eigenvalue weighted by atomic mass is 35.5. The summed E-state index contributed by atoms with van der Waals surface area (Å²) in [4.78, 5) is 11.9. The quantitative estimate of drug-likeness (QED) is 0.782. The molecule has 2 unspecified atom stereocenters. The van der Waals surface area contributed by atoms with Crippen LogP contribution < -0.4 is 10.6 Å². The van der Waals surface area contributed by atoms with Gasteiger partial charge in [-0.1, -0.05) is 36.2 Å². The molecule has 1 aromatic carbocycles. The van der Waals surface area contributed by atoms with Gasteiger partial charge in [-0.2, -0.15) is 0 Å². The summed E-state index contributed by atoms with van der Waals surface area (Å²) in [5, 5.41) is 7.22. The molecule has 0 bridgehead atoms. The summed E-state index contributed by atoms with van der Waals surface area (Å²) in [7, 11) is 0. The zero-order chi connectivity index (χ0) is 13.8. The van der Waals surface area contributed by atoms with E-state index in [9.17, 15) is 4.79 Å². The van der Waals surface area contributed by atoms with E-state index in [2.05, 4.69) is 10.6 Å². The van der Waals surface area contributed by atoms with Gasteiger partial charge in [0.1, 0.15) is 0 Å². The predicted molar refractivity (Wildman–Crippen MR) is 86.1 cm³/mol. The number of hydrogen-bond donors (Lipinski definition) is 2. The lowest BCUT2D eigenvalue weighted by Crippen LogP contribution is -2.32. The maximum Gasteiger partial charge on any atom is 0.223 e. The molecule has 0 spiro atoms. The molecule has 1 aliphatic carbocycles. The summed E-state index contributed by atoms with van der Waals surface area (Å²) in [5.41, 5.74) is 1.10. The number of nitrogens with one attached hydrogen (secondary N) is 2. The maximum atomic E-state index is 11.9. The number of benzene rings is 1. The average molecular weight is 338 g/mol. The van der Waals surface area contributed by atoms with Crippen LogP contribution in [0.2, 0.25) is 10.0 Å². The fourth-order valence-electron chi connectivity index (χ4n) is 2.18. The van der Waals surface area contributed by atoms with E-state index in [1.807, 2.05) is 19.1 Å². The van der Waals surface area contributed by atoms with Crippen molar-refractivity contribution < 1.29 is 4.79 Å². The summed E-state index contributed by atoms with van der Waals surface area (Å²) in [6, 6.07) is 5.60. The van der Waals surface area contributed by atoms with Crippen molar-refractivity contribution in [3.8, 4) is 0 Å². The standard InChI is InChI=1S/C14H18Cl2N2O.ClH/c1-2-17-5-6-18-14(19)11-8-10(11)9-3-4-12(15)13(16)7-9;/h3-4,7,10-11,17H,2,5-6,8H2,1H3,(H,18,19);1H. The summed E-state index contributed by atoms with van der Waals surface area (Å²) in [5.74, 6) is 0.502. The zero-order valence-corrected chi connectivity index (χ0v) is 13.6. The van der Waals surface area contributed by atoms with Gasteiger partial charge in [0, 0.05) is 19.0 Å². The Balaban J connectivity index is 0.00000200. The molecule has 0 radical (unpaired) electrons. The van der Waals surface area contributed by atoms with Gasteiger partial charge < -0.3 is 10.6 Å². The average Bonchev–Trinajstić information content (AvgIpc) is 3.18. The van der Waals surface area contributed by atoms with Gasteiger partial charge in [-0.3, -0.25) is 4.79 Å². The van der Waals surface area contributed by atoms with Crippen molar-refractivity contribution in [2.24, 2.45) is 5.92 Å². The van der Waals surface area contributed by atoms with Gasteiger partial charge in [0.2, 0.25) is 5.91 Å². The first-order valence-corrected chi connectivity index (χ1v) is 7.32. The van der Waals surface area contributed by atoms with Gasteiger partial charge in [0.05, 0.1) is 10.0 Å². The first-order valence-electron chi connectivity index (χ1n) is 6.57. The molecular weight excluding hydrogens is 319 g/mol. The van der Waals surface area contributed by atoms with Crippen molar-refractivity contribution in [3.63, 3.8) is 0 Å². The fourth-order valence-corrected chi connectivity index (χ4v) is 2.48. The van der Waals surface area contributed by atoms with Crippen LogP contribution in [0, 0.1) is 5.92 Å². The molecule has 1 aromatic rings. The molecule has 6 heteroatoms. The fraction of sp³-hybridized carbons (Fsp3) is 0.500. The molecular formula is C14H19Cl3N2O. The van der Waals surface area contributed by atoms with Crippen molar-refractivity contribution in [1.29, 1.82) is 0 Å². The number of likely N-dealkylation sites (N-methyl/N-ethyl adjacent to an activating group) is 1. The molecule has 3 nitrogen and oxygen atoms in total. The molecule has 0 saturated heterocycles. The molecule has 0 heterocycles. The van der Waals surface area contributed by atoms with E-state index >= 15 is 0 Å². The third kappa shape index (κ3) is 4.52. The lowest BCUT2D eigenvalue weighted by atomic mass is 10.1. The number of halogens is 3. The van der Waals surface area contributed by atoms with E-state index in [1.165, 1.54) is 0 Å². The van der Waals surface area contributed by atoms with Gasteiger partial charge in [0.15, 0.2) is 0 Å². The Kier molecular flexibility index (Phi) is 7.10. The number of rotatable bonds is 6. The Labute approximate surface area is 135 Å². The molecule has 112 valence electrons. The maximum absolute atomic E-state index is 11.9. The van der Waals surface area contributed by atoms with Crippen molar-refractivity contribution in [3.05, 3.63) is 33.8 Å². The lowest BCUT2D eigenvalue weighted by molar-refractivity contribution is -0.122. The zero-order valence-electron chi connectivity index (χ0n) is 11.3. The Morgan fingerprint density at radius 2 is 2.05 bits per heavy atom. The van der Waals surface area contributed by atoms with E-state index in [0.717, 1.165) is 25.1 Å². The van der Waals surface area contributed by atoms with Crippen LogP contribution in [-0.4, -0.2) is 25.5 Å².